The van der Waals surface area contributed by atoms with Crippen LogP contribution < -0.4 is 11.2 Å². The third-order valence-electron chi connectivity index (χ3n) is 3.74. The number of nitrogens with zero attached hydrogens (tertiary/aromatic N) is 4. The predicted octanol–water partition coefficient (Wildman–Crippen LogP) is -1.39. The largest absolute Gasteiger partial charge is 0.453 e. The van der Waals surface area contributed by atoms with Gasteiger partial charge in [0.05, 0.1) is 7.11 Å². The van der Waals surface area contributed by atoms with E-state index < -0.39 is 23.2 Å². The molecule has 0 aliphatic carbocycles. The Morgan fingerprint density at radius 2 is 1.55 bits per heavy atom. The summed E-state index contributed by atoms with van der Waals surface area (Å²) in [6.07, 6.45) is -0.437. The molecular weight excluding hydrogens is 292 g/mol. The molecule has 0 atom stereocenters. The van der Waals surface area contributed by atoms with E-state index in [1.54, 1.807) is 0 Å². The number of piperazine rings is 1. The van der Waals surface area contributed by atoms with Crippen molar-refractivity contribution in [3.8, 4) is 0 Å². The van der Waals surface area contributed by atoms with E-state index >= 15 is 0 Å². The second-order valence-corrected chi connectivity index (χ2v) is 5.02. The van der Waals surface area contributed by atoms with Gasteiger partial charge in [0.25, 0.3) is 11.5 Å². The van der Waals surface area contributed by atoms with Crippen LogP contribution in [0.4, 0.5) is 4.79 Å². The summed E-state index contributed by atoms with van der Waals surface area (Å²) in [4.78, 5) is 50.4. The van der Waals surface area contributed by atoms with Crippen LogP contribution in [0.15, 0.2) is 15.7 Å². The molecule has 1 saturated heterocycles. The van der Waals surface area contributed by atoms with Crippen molar-refractivity contribution in [2.75, 3.05) is 33.3 Å². The highest BCUT2D eigenvalue weighted by atomic mass is 16.5. The smallest absolute Gasteiger partial charge is 0.409 e. The summed E-state index contributed by atoms with van der Waals surface area (Å²) >= 11 is 0. The molecule has 0 spiro atoms. The molecule has 0 radical (unpaired) electrons. The van der Waals surface area contributed by atoms with E-state index in [2.05, 4.69) is 4.74 Å². The number of aromatic nitrogens is 2. The molecule has 120 valence electrons. The van der Waals surface area contributed by atoms with E-state index in [1.807, 2.05) is 0 Å². The lowest BCUT2D eigenvalue weighted by Crippen LogP contribution is -2.51. The van der Waals surface area contributed by atoms with Crippen molar-refractivity contribution in [1.29, 1.82) is 0 Å². The Morgan fingerprint density at radius 1 is 1.00 bits per heavy atom. The van der Waals surface area contributed by atoms with Crippen molar-refractivity contribution in [2.45, 2.75) is 0 Å². The minimum atomic E-state index is -0.552. The molecule has 0 unspecified atom stereocenters. The average molecular weight is 310 g/mol. The zero-order chi connectivity index (χ0) is 16.4. The second kappa shape index (κ2) is 6.04. The minimum Gasteiger partial charge on any atom is -0.453 e. The van der Waals surface area contributed by atoms with Crippen LogP contribution in [-0.4, -0.2) is 64.2 Å². The Hall–Kier alpha value is -2.58. The number of hydrogen-bond donors (Lipinski definition) is 0. The van der Waals surface area contributed by atoms with Crippen LogP contribution in [0, 0.1) is 0 Å². The molecular formula is C13H18N4O5. The fraction of sp³-hybridized carbons (Fsp3) is 0.538. The fourth-order valence-corrected chi connectivity index (χ4v) is 2.32. The number of hydrogen-bond acceptors (Lipinski definition) is 5. The maximum absolute atomic E-state index is 12.5. The SMILES string of the molecule is COC(=O)N1CCN(C(=O)c2cc(=O)n(C)c(=O)n2C)CC1. The van der Waals surface area contributed by atoms with E-state index in [9.17, 15) is 19.2 Å². The summed E-state index contributed by atoms with van der Waals surface area (Å²) in [6.45, 7) is 1.32. The average Bonchev–Trinajstić information content (AvgIpc) is 2.55. The Balaban J connectivity index is 2.19. The second-order valence-electron chi connectivity index (χ2n) is 5.02. The predicted molar refractivity (Wildman–Crippen MR) is 76.8 cm³/mol. The third-order valence-corrected chi connectivity index (χ3v) is 3.74. The topological polar surface area (TPSA) is 93.8 Å². The van der Waals surface area contributed by atoms with Gasteiger partial charge in [-0.3, -0.25) is 18.7 Å². The van der Waals surface area contributed by atoms with Crippen LogP contribution in [-0.2, 0) is 18.8 Å². The third kappa shape index (κ3) is 2.74. The fourth-order valence-electron chi connectivity index (χ4n) is 2.32. The molecule has 0 aromatic carbocycles. The van der Waals surface area contributed by atoms with Crippen LogP contribution in [0.25, 0.3) is 0 Å². The van der Waals surface area contributed by atoms with Crippen molar-refractivity contribution in [2.24, 2.45) is 14.1 Å². The van der Waals surface area contributed by atoms with Gasteiger partial charge in [-0.05, 0) is 0 Å². The standard InChI is InChI=1S/C13H18N4O5/c1-14-9(8-10(18)15(2)12(14)20)11(19)16-4-6-17(7-5-16)13(21)22-3/h8H,4-7H2,1-3H3. The lowest BCUT2D eigenvalue weighted by atomic mass is 10.2. The molecule has 0 bridgehead atoms. The summed E-state index contributed by atoms with van der Waals surface area (Å²) in [5, 5.41) is 0. The van der Waals surface area contributed by atoms with Gasteiger partial charge >= 0.3 is 11.8 Å². The van der Waals surface area contributed by atoms with Crippen molar-refractivity contribution >= 4 is 12.0 Å². The van der Waals surface area contributed by atoms with Crippen molar-refractivity contribution in [1.82, 2.24) is 18.9 Å². The Morgan fingerprint density at radius 3 is 2.09 bits per heavy atom. The van der Waals surface area contributed by atoms with Crippen molar-refractivity contribution in [3.05, 3.63) is 32.6 Å². The highest BCUT2D eigenvalue weighted by molar-refractivity contribution is 5.92. The molecule has 1 aliphatic heterocycles. The van der Waals surface area contributed by atoms with Crippen LogP contribution in [0.5, 0.6) is 0 Å². The van der Waals surface area contributed by atoms with Gasteiger partial charge in [-0.2, -0.15) is 0 Å². The van der Waals surface area contributed by atoms with E-state index in [0.29, 0.717) is 26.2 Å². The van der Waals surface area contributed by atoms with E-state index in [1.165, 1.54) is 31.0 Å². The number of amides is 2. The number of methoxy groups -OCH3 is 1. The summed E-state index contributed by atoms with van der Waals surface area (Å²) in [5.41, 5.74) is -1.04. The maximum atomic E-state index is 12.5. The van der Waals surface area contributed by atoms with Gasteiger partial charge < -0.3 is 14.5 Å². The lowest BCUT2D eigenvalue weighted by Gasteiger charge is -2.34. The van der Waals surface area contributed by atoms with Crippen LogP contribution in [0.3, 0.4) is 0 Å². The van der Waals surface area contributed by atoms with Crippen molar-refractivity contribution < 1.29 is 14.3 Å². The first-order chi connectivity index (χ1) is 10.4. The highest BCUT2D eigenvalue weighted by Crippen LogP contribution is 2.07. The number of carbonyl (C=O) groups excluding carboxylic acids is 2. The number of ether oxygens (including phenoxy) is 1. The van der Waals surface area contributed by atoms with Crippen LogP contribution >= 0.6 is 0 Å². The van der Waals surface area contributed by atoms with Crippen LogP contribution in [0.2, 0.25) is 0 Å². The Labute approximate surface area is 126 Å². The molecule has 9 heteroatoms. The first-order valence-electron chi connectivity index (χ1n) is 6.76. The molecule has 1 aliphatic rings. The molecule has 1 aromatic heterocycles. The molecule has 2 rings (SSSR count). The van der Waals surface area contributed by atoms with Crippen molar-refractivity contribution in [3.63, 3.8) is 0 Å². The molecule has 0 saturated carbocycles. The molecule has 1 fully saturated rings. The normalized spacial score (nSPS) is 14.9. The summed E-state index contributed by atoms with van der Waals surface area (Å²) in [6, 6.07) is 1.15. The summed E-state index contributed by atoms with van der Waals surface area (Å²) < 4.78 is 6.71. The minimum absolute atomic E-state index is 0.0413. The lowest BCUT2D eigenvalue weighted by molar-refractivity contribution is 0.0589. The first kappa shape index (κ1) is 15.8. The monoisotopic (exact) mass is 310 g/mol. The maximum Gasteiger partial charge on any atom is 0.409 e. The zero-order valence-electron chi connectivity index (χ0n) is 12.7. The van der Waals surface area contributed by atoms with Gasteiger partial charge in [-0.15, -0.1) is 0 Å². The Bertz CT molecular complexity index is 712. The Kier molecular flexibility index (Phi) is 4.34. The highest BCUT2D eigenvalue weighted by Gasteiger charge is 2.26. The quantitative estimate of drug-likeness (QED) is 0.636. The van der Waals surface area contributed by atoms with Gasteiger partial charge in [-0.1, -0.05) is 0 Å². The van der Waals surface area contributed by atoms with E-state index in [-0.39, 0.29) is 5.69 Å². The summed E-state index contributed by atoms with van der Waals surface area (Å²) in [7, 11) is 4.10. The number of rotatable bonds is 1. The van der Waals surface area contributed by atoms with E-state index in [0.717, 1.165) is 15.2 Å². The molecule has 2 heterocycles. The van der Waals surface area contributed by atoms with Gasteiger partial charge in [0, 0.05) is 46.3 Å². The first-order valence-corrected chi connectivity index (χ1v) is 6.76. The van der Waals surface area contributed by atoms with Gasteiger partial charge in [0.1, 0.15) is 5.69 Å². The zero-order valence-corrected chi connectivity index (χ0v) is 12.7. The molecule has 0 N–H and O–H groups in total. The van der Waals surface area contributed by atoms with E-state index in [4.69, 9.17) is 0 Å². The molecule has 22 heavy (non-hydrogen) atoms. The van der Waals surface area contributed by atoms with Gasteiger partial charge in [-0.25, -0.2) is 9.59 Å². The van der Waals surface area contributed by atoms with Crippen LogP contribution in [0.1, 0.15) is 10.5 Å². The summed E-state index contributed by atoms with van der Waals surface area (Å²) in [5.74, 6) is -0.401. The molecule has 1 aromatic rings. The van der Waals surface area contributed by atoms with Gasteiger partial charge in [0.2, 0.25) is 0 Å². The molecule has 9 nitrogen and oxygen atoms in total. The number of carbonyl (C=O) groups is 2. The molecule has 2 amide bonds. The van der Waals surface area contributed by atoms with Gasteiger partial charge in [0.15, 0.2) is 0 Å².